The lowest BCUT2D eigenvalue weighted by atomic mass is 10.1. The molecular weight excluding hydrogens is 290 g/mol. The zero-order valence-corrected chi connectivity index (χ0v) is 12.8. The maximum absolute atomic E-state index is 11.6. The van der Waals surface area contributed by atoms with Crippen LogP contribution in [0.2, 0.25) is 5.02 Å². The number of halogens is 1. The Kier molecular flexibility index (Phi) is 5.28. The Bertz CT molecular complexity index is 596. The van der Waals surface area contributed by atoms with E-state index >= 15 is 0 Å². The summed E-state index contributed by atoms with van der Waals surface area (Å²) in [6.45, 7) is 2.08. The summed E-state index contributed by atoms with van der Waals surface area (Å²) < 4.78 is 10.0. The number of nitrogens with one attached hydrogen (secondary N) is 1. The van der Waals surface area contributed by atoms with E-state index in [1.165, 1.54) is 7.11 Å². The fourth-order valence-corrected chi connectivity index (χ4v) is 2.25. The van der Waals surface area contributed by atoms with Gasteiger partial charge in [-0.05, 0) is 43.7 Å². The number of carbonyl (C=O) groups excluding carboxylic acids is 1. The number of methoxy groups -OCH3 is 1. The number of rotatable bonds is 6. The van der Waals surface area contributed by atoms with Crippen molar-refractivity contribution in [2.24, 2.45) is 0 Å². The molecule has 21 heavy (non-hydrogen) atoms. The molecule has 0 saturated carbocycles. The highest BCUT2D eigenvalue weighted by molar-refractivity contribution is 6.33. The highest BCUT2D eigenvalue weighted by Gasteiger charge is 2.12. The molecule has 1 heterocycles. The van der Waals surface area contributed by atoms with Crippen molar-refractivity contribution in [1.29, 1.82) is 0 Å². The van der Waals surface area contributed by atoms with Gasteiger partial charge in [0, 0.05) is 18.2 Å². The van der Waals surface area contributed by atoms with Gasteiger partial charge in [-0.25, -0.2) is 4.79 Å². The summed E-state index contributed by atoms with van der Waals surface area (Å²) in [7, 11) is 1.34. The average molecular weight is 308 g/mol. The second-order valence-corrected chi connectivity index (χ2v) is 5.26. The van der Waals surface area contributed by atoms with Crippen LogP contribution in [-0.2, 0) is 11.2 Å². The molecule has 0 amide bonds. The predicted octanol–water partition coefficient (Wildman–Crippen LogP) is 4.15. The van der Waals surface area contributed by atoms with E-state index < -0.39 is 5.97 Å². The fourth-order valence-electron chi connectivity index (χ4n) is 2.05. The molecule has 0 aliphatic rings. The molecule has 2 rings (SSSR count). The van der Waals surface area contributed by atoms with Crippen LogP contribution < -0.4 is 5.32 Å². The summed E-state index contributed by atoms with van der Waals surface area (Å²) in [6.07, 6.45) is 3.46. The maximum atomic E-state index is 11.6. The largest absolute Gasteiger partial charge is 0.469 e. The summed E-state index contributed by atoms with van der Waals surface area (Å²) in [5, 5.41) is 3.73. The molecule has 0 fully saturated rings. The van der Waals surface area contributed by atoms with Crippen LogP contribution in [0.5, 0.6) is 0 Å². The molecule has 1 aromatic carbocycles. The van der Waals surface area contributed by atoms with E-state index in [9.17, 15) is 4.79 Å². The molecule has 0 radical (unpaired) electrons. The highest BCUT2D eigenvalue weighted by atomic mass is 35.5. The van der Waals surface area contributed by atoms with Crippen molar-refractivity contribution in [2.45, 2.75) is 25.8 Å². The van der Waals surface area contributed by atoms with Gasteiger partial charge < -0.3 is 14.5 Å². The molecule has 0 aliphatic carbocycles. The van der Waals surface area contributed by atoms with Crippen molar-refractivity contribution < 1.29 is 13.9 Å². The highest BCUT2D eigenvalue weighted by Crippen LogP contribution is 2.22. The predicted molar refractivity (Wildman–Crippen MR) is 82.9 cm³/mol. The summed E-state index contributed by atoms with van der Waals surface area (Å²) in [4.78, 5) is 11.6. The summed E-state index contributed by atoms with van der Waals surface area (Å²) in [5.41, 5.74) is 1.20. The van der Waals surface area contributed by atoms with Gasteiger partial charge in [-0.1, -0.05) is 11.6 Å². The summed E-state index contributed by atoms with van der Waals surface area (Å²) in [6, 6.07) is 9.33. The van der Waals surface area contributed by atoms with Crippen LogP contribution in [0.15, 0.2) is 41.0 Å². The van der Waals surface area contributed by atoms with E-state index in [0.29, 0.717) is 10.6 Å². The van der Waals surface area contributed by atoms with Gasteiger partial charge in [-0.3, -0.25) is 0 Å². The van der Waals surface area contributed by atoms with Gasteiger partial charge in [0.15, 0.2) is 0 Å². The van der Waals surface area contributed by atoms with Gasteiger partial charge in [0.1, 0.15) is 5.76 Å². The zero-order valence-electron chi connectivity index (χ0n) is 12.1. The van der Waals surface area contributed by atoms with Crippen LogP contribution in [0.3, 0.4) is 0 Å². The van der Waals surface area contributed by atoms with Crippen molar-refractivity contribution in [3.05, 3.63) is 52.9 Å². The number of hydrogen-bond acceptors (Lipinski definition) is 4. The molecule has 0 bridgehead atoms. The molecular formula is C16H18ClNO3. The molecule has 1 atom stereocenters. The average Bonchev–Trinajstić information content (AvgIpc) is 2.99. The lowest BCUT2D eigenvalue weighted by molar-refractivity contribution is 0.0601. The Morgan fingerprint density at radius 1 is 1.43 bits per heavy atom. The van der Waals surface area contributed by atoms with Crippen LogP contribution in [-0.4, -0.2) is 19.1 Å². The molecule has 4 nitrogen and oxygen atoms in total. The van der Waals surface area contributed by atoms with Crippen LogP contribution in [0.1, 0.15) is 29.5 Å². The zero-order chi connectivity index (χ0) is 15.2. The Morgan fingerprint density at radius 3 is 2.90 bits per heavy atom. The number of anilines is 1. The van der Waals surface area contributed by atoms with E-state index in [2.05, 4.69) is 12.2 Å². The quantitative estimate of drug-likeness (QED) is 0.814. The second-order valence-electron chi connectivity index (χ2n) is 4.85. The fraction of sp³-hybridized carbons (Fsp3) is 0.312. The Labute approximate surface area is 129 Å². The van der Waals surface area contributed by atoms with Gasteiger partial charge >= 0.3 is 5.97 Å². The van der Waals surface area contributed by atoms with E-state index in [-0.39, 0.29) is 6.04 Å². The second kappa shape index (κ2) is 7.18. The first-order valence-electron chi connectivity index (χ1n) is 6.77. The third-order valence-electron chi connectivity index (χ3n) is 3.19. The van der Waals surface area contributed by atoms with Crippen molar-refractivity contribution >= 4 is 23.3 Å². The first-order valence-corrected chi connectivity index (χ1v) is 7.14. The molecule has 2 aromatic rings. The van der Waals surface area contributed by atoms with Gasteiger partial charge in [0.25, 0.3) is 0 Å². The van der Waals surface area contributed by atoms with Crippen LogP contribution in [0.25, 0.3) is 0 Å². The third kappa shape index (κ3) is 4.26. The number of hydrogen-bond donors (Lipinski definition) is 1. The van der Waals surface area contributed by atoms with E-state index in [4.69, 9.17) is 20.8 Å². The summed E-state index contributed by atoms with van der Waals surface area (Å²) in [5.74, 6) is 0.530. The van der Waals surface area contributed by atoms with Crippen molar-refractivity contribution in [3.8, 4) is 0 Å². The first-order chi connectivity index (χ1) is 10.1. The van der Waals surface area contributed by atoms with Gasteiger partial charge in [0.05, 0.1) is 24.0 Å². The molecule has 5 heteroatoms. The molecule has 1 aromatic heterocycles. The van der Waals surface area contributed by atoms with Crippen LogP contribution in [0, 0.1) is 0 Å². The Morgan fingerprint density at radius 2 is 2.24 bits per heavy atom. The Balaban J connectivity index is 1.97. The van der Waals surface area contributed by atoms with Crippen molar-refractivity contribution in [1.82, 2.24) is 0 Å². The minimum atomic E-state index is -0.438. The summed E-state index contributed by atoms with van der Waals surface area (Å²) >= 11 is 5.99. The van der Waals surface area contributed by atoms with Crippen LogP contribution >= 0.6 is 11.6 Å². The van der Waals surface area contributed by atoms with Gasteiger partial charge in [0.2, 0.25) is 0 Å². The number of carbonyl (C=O) groups is 1. The molecule has 1 unspecified atom stereocenters. The first kappa shape index (κ1) is 15.4. The third-order valence-corrected chi connectivity index (χ3v) is 3.52. The van der Waals surface area contributed by atoms with E-state index in [0.717, 1.165) is 24.3 Å². The number of benzene rings is 1. The molecule has 0 aliphatic heterocycles. The molecule has 112 valence electrons. The SMILES string of the molecule is COC(=O)c1cc(NC(C)CCc2ccco2)ccc1Cl. The maximum Gasteiger partial charge on any atom is 0.339 e. The number of aryl methyl sites for hydroxylation is 1. The van der Waals surface area contributed by atoms with Crippen LogP contribution in [0.4, 0.5) is 5.69 Å². The number of furan rings is 1. The molecule has 0 saturated heterocycles. The minimum Gasteiger partial charge on any atom is -0.469 e. The monoisotopic (exact) mass is 307 g/mol. The van der Waals surface area contributed by atoms with Crippen molar-refractivity contribution in [2.75, 3.05) is 12.4 Å². The molecule has 1 N–H and O–H groups in total. The lowest BCUT2D eigenvalue weighted by Crippen LogP contribution is -2.16. The lowest BCUT2D eigenvalue weighted by Gasteiger charge is -2.15. The topological polar surface area (TPSA) is 51.5 Å². The standard InChI is InChI=1S/C16H18ClNO3/c1-11(5-7-13-4-3-9-21-13)18-12-6-8-15(17)14(10-12)16(19)20-2/h3-4,6,8-11,18H,5,7H2,1-2H3. The van der Waals surface area contributed by atoms with Crippen molar-refractivity contribution in [3.63, 3.8) is 0 Å². The Hall–Kier alpha value is -1.94. The molecule has 0 spiro atoms. The van der Waals surface area contributed by atoms with Gasteiger partial charge in [-0.15, -0.1) is 0 Å². The smallest absolute Gasteiger partial charge is 0.339 e. The van der Waals surface area contributed by atoms with E-state index in [1.807, 2.05) is 18.2 Å². The van der Waals surface area contributed by atoms with Gasteiger partial charge in [-0.2, -0.15) is 0 Å². The minimum absolute atomic E-state index is 0.238. The number of ether oxygens (including phenoxy) is 1. The normalized spacial score (nSPS) is 12.0. The number of esters is 1. The van der Waals surface area contributed by atoms with E-state index in [1.54, 1.807) is 18.4 Å².